The first kappa shape index (κ1) is 18.2. The van der Waals surface area contributed by atoms with Crippen LogP contribution < -0.4 is 4.90 Å². The fourth-order valence-electron chi connectivity index (χ4n) is 3.04. The second kappa shape index (κ2) is 10.6. The molecule has 2 rings (SSSR count). The molecule has 0 radical (unpaired) electrons. The Balaban J connectivity index is 1.51. The maximum Gasteiger partial charge on any atom is 0.0941 e. The molecule has 0 bridgehead atoms. The summed E-state index contributed by atoms with van der Waals surface area (Å²) in [6, 6.07) is 8.06. The molecule has 0 spiro atoms. The molecule has 0 saturated carbocycles. The minimum atomic E-state index is 0.795. The molecule has 1 heterocycles. The van der Waals surface area contributed by atoms with E-state index in [2.05, 4.69) is 41.3 Å². The standard InChI is InChI=1S/C20H31ClN2/c1-2-3-4-5-6-7-8-9-10-15-22-16-17-23(18-22)20-13-11-19(21)12-14-20/h11-14,16-17H,2-10,15,18H2,1H3. The Morgan fingerprint density at radius 3 is 2.09 bits per heavy atom. The average Bonchev–Trinajstić information content (AvgIpc) is 3.03. The van der Waals surface area contributed by atoms with Crippen molar-refractivity contribution in [3.8, 4) is 0 Å². The normalized spacial score (nSPS) is 14.0. The Morgan fingerprint density at radius 1 is 0.826 bits per heavy atom. The largest absolute Gasteiger partial charge is 0.358 e. The van der Waals surface area contributed by atoms with Crippen molar-refractivity contribution in [2.45, 2.75) is 64.7 Å². The van der Waals surface area contributed by atoms with E-state index in [0.29, 0.717) is 0 Å². The smallest absolute Gasteiger partial charge is 0.0941 e. The molecule has 0 fully saturated rings. The third-order valence-electron chi connectivity index (χ3n) is 4.50. The highest BCUT2D eigenvalue weighted by Crippen LogP contribution is 2.21. The highest BCUT2D eigenvalue weighted by atomic mass is 35.5. The van der Waals surface area contributed by atoms with E-state index in [1.54, 1.807) is 0 Å². The third kappa shape index (κ3) is 6.87. The van der Waals surface area contributed by atoms with Crippen molar-refractivity contribution < 1.29 is 0 Å². The van der Waals surface area contributed by atoms with Gasteiger partial charge in [0, 0.05) is 29.7 Å². The molecule has 23 heavy (non-hydrogen) atoms. The van der Waals surface area contributed by atoms with Crippen LogP contribution in [0.25, 0.3) is 0 Å². The summed E-state index contributed by atoms with van der Waals surface area (Å²) in [5.74, 6) is 0. The van der Waals surface area contributed by atoms with Gasteiger partial charge in [0.15, 0.2) is 0 Å². The Labute approximate surface area is 147 Å². The average molecular weight is 335 g/mol. The number of hydrogen-bond donors (Lipinski definition) is 0. The van der Waals surface area contributed by atoms with Crippen molar-refractivity contribution in [2.24, 2.45) is 0 Å². The lowest BCUT2D eigenvalue weighted by Crippen LogP contribution is -2.25. The number of rotatable bonds is 11. The lowest BCUT2D eigenvalue weighted by atomic mass is 10.1. The van der Waals surface area contributed by atoms with Crippen LogP contribution in [0, 0.1) is 0 Å². The van der Waals surface area contributed by atoms with Crippen LogP contribution in [0.15, 0.2) is 36.7 Å². The van der Waals surface area contributed by atoms with E-state index in [-0.39, 0.29) is 0 Å². The van der Waals surface area contributed by atoms with Crippen LogP contribution in [0.5, 0.6) is 0 Å². The van der Waals surface area contributed by atoms with Crippen molar-refractivity contribution in [1.29, 1.82) is 0 Å². The van der Waals surface area contributed by atoms with Crippen molar-refractivity contribution in [3.63, 3.8) is 0 Å². The van der Waals surface area contributed by atoms with Gasteiger partial charge >= 0.3 is 0 Å². The molecule has 2 nitrogen and oxygen atoms in total. The molecule has 128 valence electrons. The maximum atomic E-state index is 5.95. The highest BCUT2D eigenvalue weighted by Gasteiger charge is 2.13. The van der Waals surface area contributed by atoms with Gasteiger partial charge in [-0.1, -0.05) is 69.9 Å². The van der Waals surface area contributed by atoms with Gasteiger partial charge in [0.1, 0.15) is 0 Å². The molecule has 0 amide bonds. The number of hydrogen-bond acceptors (Lipinski definition) is 2. The van der Waals surface area contributed by atoms with Crippen molar-refractivity contribution in [3.05, 3.63) is 41.7 Å². The van der Waals surface area contributed by atoms with Crippen LogP contribution in [0.4, 0.5) is 5.69 Å². The topological polar surface area (TPSA) is 6.48 Å². The van der Waals surface area contributed by atoms with Crippen molar-refractivity contribution in [2.75, 3.05) is 18.1 Å². The van der Waals surface area contributed by atoms with Crippen LogP contribution in [-0.2, 0) is 0 Å². The molecule has 0 unspecified atom stereocenters. The number of nitrogens with zero attached hydrogens (tertiary/aromatic N) is 2. The predicted octanol–water partition coefficient (Wildman–Crippen LogP) is 6.42. The van der Waals surface area contributed by atoms with Gasteiger partial charge in [-0.15, -0.1) is 0 Å². The fraction of sp³-hybridized carbons (Fsp3) is 0.600. The van der Waals surface area contributed by atoms with Crippen LogP contribution >= 0.6 is 11.6 Å². The molecule has 1 aliphatic rings. The van der Waals surface area contributed by atoms with Gasteiger partial charge in [0.05, 0.1) is 6.67 Å². The molecule has 3 heteroatoms. The third-order valence-corrected chi connectivity index (χ3v) is 4.75. The minimum absolute atomic E-state index is 0.795. The molecule has 0 N–H and O–H groups in total. The molecule has 1 aromatic rings. The van der Waals surface area contributed by atoms with E-state index in [4.69, 9.17) is 11.6 Å². The minimum Gasteiger partial charge on any atom is -0.358 e. The number of benzene rings is 1. The zero-order chi connectivity index (χ0) is 16.3. The Bertz CT molecular complexity index is 455. The van der Waals surface area contributed by atoms with E-state index in [0.717, 1.165) is 18.2 Å². The Hall–Kier alpha value is -1.15. The van der Waals surface area contributed by atoms with Gasteiger partial charge in [-0.25, -0.2) is 0 Å². The molecule has 0 saturated heterocycles. The maximum absolute atomic E-state index is 5.95. The summed E-state index contributed by atoms with van der Waals surface area (Å²) in [7, 11) is 0. The van der Waals surface area contributed by atoms with Gasteiger partial charge < -0.3 is 9.80 Å². The summed E-state index contributed by atoms with van der Waals surface area (Å²) >= 11 is 5.95. The van der Waals surface area contributed by atoms with Crippen LogP contribution in [0.2, 0.25) is 5.02 Å². The zero-order valence-electron chi connectivity index (χ0n) is 14.5. The summed E-state index contributed by atoms with van der Waals surface area (Å²) in [6.07, 6.45) is 16.9. The highest BCUT2D eigenvalue weighted by molar-refractivity contribution is 6.30. The van der Waals surface area contributed by atoms with E-state index >= 15 is 0 Å². The SMILES string of the molecule is CCCCCCCCCCCN1C=CN(c2ccc(Cl)cc2)C1. The molecule has 1 aliphatic heterocycles. The van der Waals surface area contributed by atoms with Gasteiger partial charge in [0.2, 0.25) is 0 Å². The summed E-state index contributed by atoms with van der Waals surface area (Å²) in [4.78, 5) is 4.67. The van der Waals surface area contributed by atoms with Crippen LogP contribution in [0.3, 0.4) is 0 Å². The second-order valence-electron chi connectivity index (χ2n) is 6.53. The van der Waals surface area contributed by atoms with E-state index in [1.807, 2.05) is 12.1 Å². The van der Waals surface area contributed by atoms with Gasteiger partial charge in [-0.3, -0.25) is 0 Å². The van der Waals surface area contributed by atoms with Gasteiger partial charge in [-0.05, 0) is 30.7 Å². The summed E-state index contributed by atoms with van der Waals surface area (Å²) in [6.45, 7) is 4.40. The summed E-state index contributed by atoms with van der Waals surface area (Å²) in [5.41, 5.74) is 1.21. The quantitative estimate of drug-likeness (QED) is 0.431. The number of anilines is 1. The second-order valence-corrected chi connectivity index (χ2v) is 6.96. The first-order chi connectivity index (χ1) is 11.3. The van der Waals surface area contributed by atoms with Crippen molar-refractivity contribution >= 4 is 17.3 Å². The monoisotopic (exact) mass is 334 g/mol. The molecular formula is C20H31ClN2. The lowest BCUT2D eigenvalue weighted by Gasteiger charge is -2.21. The van der Waals surface area contributed by atoms with E-state index in [1.165, 1.54) is 63.5 Å². The molecular weight excluding hydrogens is 304 g/mol. The van der Waals surface area contributed by atoms with E-state index in [9.17, 15) is 0 Å². The molecule has 0 aliphatic carbocycles. The summed E-state index contributed by atoms with van der Waals surface area (Å²) in [5, 5.41) is 0.795. The lowest BCUT2D eigenvalue weighted by molar-refractivity contribution is 0.388. The Morgan fingerprint density at radius 2 is 1.43 bits per heavy atom. The first-order valence-corrected chi connectivity index (χ1v) is 9.62. The molecule has 0 aromatic heterocycles. The Kier molecular flexibility index (Phi) is 8.38. The number of halogens is 1. The number of unbranched alkanes of at least 4 members (excludes halogenated alkanes) is 8. The van der Waals surface area contributed by atoms with Gasteiger partial charge in [-0.2, -0.15) is 0 Å². The first-order valence-electron chi connectivity index (χ1n) is 9.24. The fourth-order valence-corrected chi connectivity index (χ4v) is 3.16. The predicted molar refractivity (Wildman–Crippen MR) is 102 cm³/mol. The van der Waals surface area contributed by atoms with Gasteiger partial charge in [0.25, 0.3) is 0 Å². The molecule has 0 atom stereocenters. The summed E-state index contributed by atoms with van der Waals surface area (Å²) < 4.78 is 0. The van der Waals surface area contributed by atoms with Crippen LogP contribution in [0.1, 0.15) is 64.7 Å². The molecule has 1 aromatic carbocycles. The van der Waals surface area contributed by atoms with E-state index < -0.39 is 0 Å². The van der Waals surface area contributed by atoms with Crippen molar-refractivity contribution in [1.82, 2.24) is 4.90 Å². The zero-order valence-corrected chi connectivity index (χ0v) is 15.3. The van der Waals surface area contributed by atoms with Crippen LogP contribution in [-0.4, -0.2) is 18.1 Å².